The summed E-state index contributed by atoms with van der Waals surface area (Å²) in [5.41, 5.74) is 0.509. The van der Waals surface area contributed by atoms with E-state index >= 15 is 0 Å². The molecule has 0 saturated carbocycles. The highest BCUT2D eigenvalue weighted by atomic mass is 16.5. The molecule has 0 bridgehead atoms. The predicted octanol–water partition coefficient (Wildman–Crippen LogP) is 1.98. The first-order chi connectivity index (χ1) is 7.17. The van der Waals surface area contributed by atoms with Gasteiger partial charge < -0.3 is 9.84 Å². The minimum Gasteiger partial charge on any atom is -0.506 e. The van der Waals surface area contributed by atoms with Crippen molar-refractivity contribution in [2.75, 3.05) is 7.11 Å². The fourth-order valence-corrected chi connectivity index (χ4v) is 0.950. The second kappa shape index (κ2) is 4.90. The fraction of sp³-hybridized carbons (Fsp3) is 0.100. The van der Waals surface area contributed by atoms with Gasteiger partial charge in [-0.05, 0) is 28.9 Å². The van der Waals surface area contributed by atoms with Crippen molar-refractivity contribution in [3.05, 3.63) is 34.7 Å². The first-order valence-electron chi connectivity index (χ1n) is 4.10. The molecule has 1 N–H and O–H groups in total. The van der Waals surface area contributed by atoms with E-state index in [1.165, 1.54) is 31.4 Å². The van der Waals surface area contributed by atoms with Crippen LogP contribution in [0.5, 0.6) is 5.75 Å². The third-order valence-corrected chi connectivity index (χ3v) is 1.71. The summed E-state index contributed by atoms with van der Waals surface area (Å²) in [4.78, 5) is 21.0. The van der Waals surface area contributed by atoms with Crippen molar-refractivity contribution < 1.29 is 14.6 Å². The van der Waals surface area contributed by atoms with Crippen molar-refractivity contribution in [2.24, 2.45) is 5.18 Å². The van der Waals surface area contributed by atoms with Crippen molar-refractivity contribution in [3.8, 4) is 5.75 Å². The van der Waals surface area contributed by atoms with Crippen LogP contribution in [0.4, 0.5) is 5.69 Å². The van der Waals surface area contributed by atoms with Crippen LogP contribution in [0.15, 0.2) is 29.5 Å². The third kappa shape index (κ3) is 2.91. The second-order valence-electron chi connectivity index (χ2n) is 2.70. The van der Waals surface area contributed by atoms with Crippen LogP contribution in [0, 0.1) is 4.91 Å². The molecule has 0 heterocycles. The third-order valence-electron chi connectivity index (χ3n) is 1.71. The van der Waals surface area contributed by atoms with Crippen molar-refractivity contribution in [3.63, 3.8) is 0 Å². The van der Waals surface area contributed by atoms with Gasteiger partial charge in [0.25, 0.3) is 0 Å². The molecular formula is C10H9NO4. The molecule has 1 rings (SSSR count). The molecule has 0 aliphatic rings. The Bertz CT molecular complexity index is 412. The van der Waals surface area contributed by atoms with E-state index in [0.717, 1.165) is 0 Å². The number of hydrogen-bond donors (Lipinski definition) is 1. The van der Waals surface area contributed by atoms with Crippen LogP contribution in [0.2, 0.25) is 0 Å². The second-order valence-corrected chi connectivity index (χ2v) is 2.70. The smallest absolute Gasteiger partial charge is 0.330 e. The van der Waals surface area contributed by atoms with Gasteiger partial charge in [-0.1, -0.05) is 6.07 Å². The van der Waals surface area contributed by atoms with Crippen LogP contribution < -0.4 is 0 Å². The molecular weight excluding hydrogens is 198 g/mol. The summed E-state index contributed by atoms with van der Waals surface area (Å²) in [6.45, 7) is 0. The van der Waals surface area contributed by atoms with Crippen molar-refractivity contribution in [1.82, 2.24) is 0 Å². The molecule has 0 atom stereocenters. The lowest BCUT2D eigenvalue weighted by molar-refractivity contribution is -0.134. The highest BCUT2D eigenvalue weighted by Gasteiger charge is 2.01. The summed E-state index contributed by atoms with van der Waals surface area (Å²) in [7, 11) is 1.27. The number of ether oxygens (including phenoxy) is 1. The van der Waals surface area contributed by atoms with Gasteiger partial charge in [0, 0.05) is 6.08 Å². The number of methoxy groups -OCH3 is 1. The predicted molar refractivity (Wildman–Crippen MR) is 54.6 cm³/mol. The quantitative estimate of drug-likeness (QED) is 0.467. The van der Waals surface area contributed by atoms with E-state index in [-0.39, 0.29) is 11.4 Å². The SMILES string of the molecule is COC(=O)/C=C/c1ccc(O)c(N=O)c1. The lowest BCUT2D eigenvalue weighted by Crippen LogP contribution is -1.93. The van der Waals surface area contributed by atoms with Gasteiger partial charge in [-0.3, -0.25) is 0 Å². The van der Waals surface area contributed by atoms with E-state index in [0.29, 0.717) is 5.56 Å². The number of benzene rings is 1. The summed E-state index contributed by atoms with van der Waals surface area (Å²) in [6, 6.07) is 4.24. The average molecular weight is 207 g/mol. The standard InChI is InChI=1S/C10H9NO4/c1-15-10(13)5-3-7-2-4-9(12)8(6-7)11-14/h2-6,12H,1H3/b5-3+. The number of phenols is 1. The van der Waals surface area contributed by atoms with Crippen molar-refractivity contribution >= 4 is 17.7 Å². The molecule has 5 heteroatoms. The minimum absolute atomic E-state index is 0.0676. The molecule has 1 aromatic rings. The fourth-order valence-electron chi connectivity index (χ4n) is 0.950. The number of carbonyl (C=O) groups is 1. The Kier molecular flexibility index (Phi) is 3.56. The van der Waals surface area contributed by atoms with E-state index < -0.39 is 5.97 Å². The largest absolute Gasteiger partial charge is 0.506 e. The topological polar surface area (TPSA) is 76.0 Å². The molecule has 0 saturated heterocycles. The van der Waals surface area contributed by atoms with Crippen molar-refractivity contribution in [2.45, 2.75) is 0 Å². The maximum Gasteiger partial charge on any atom is 0.330 e. The Balaban J connectivity index is 2.92. The number of hydrogen-bond acceptors (Lipinski definition) is 5. The van der Waals surface area contributed by atoms with Crippen LogP contribution in [-0.2, 0) is 9.53 Å². The number of aromatic hydroxyl groups is 1. The van der Waals surface area contributed by atoms with Crippen LogP contribution in [0.3, 0.4) is 0 Å². The minimum atomic E-state index is -0.497. The molecule has 0 aliphatic carbocycles. The number of phenolic OH excluding ortho intramolecular Hbond substituents is 1. The van der Waals surface area contributed by atoms with Crippen LogP contribution >= 0.6 is 0 Å². The monoisotopic (exact) mass is 207 g/mol. The molecule has 0 fully saturated rings. The van der Waals surface area contributed by atoms with Gasteiger partial charge in [-0.2, -0.15) is 0 Å². The lowest BCUT2D eigenvalue weighted by atomic mass is 10.2. The molecule has 0 aromatic heterocycles. The van der Waals surface area contributed by atoms with Crippen molar-refractivity contribution in [1.29, 1.82) is 0 Å². The number of esters is 1. The van der Waals surface area contributed by atoms with E-state index in [9.17, 15) is 9.70 Å². The molecule has 15 heavy (non-hydrogen) atoms. The van der Waals surface area contributed by atoms with Crippen LogP contribution in [-0.4, -0.2) is 18.2 Å². The molecule has 78 valence electrons. The lowest BCUT2D eigenvalue weighted by Gasteiger charge is -1.97. The van der Waals surface area contributed by atoms with Gasteiger partial charge in [-0.25, -0.2) is 4.79 Å². The summed E-state index contributed by atoms with van der Waals surface area (Å²) >= 11 is 0. The number of nitrogens with zero attached hydrogens (tertiary/aromatic N) is 1. The number of nitroso groups, excluding NO2 is 1. The summed E-state index contributed by atoms with van der Waals surface area (Å²) in [5.74, 6) is -0.691. The molecule has 0 radical (unpaired) electrons. The summed E-state index contributed by atoms with van der Waals surface area (Å²) in [5, 5.41) is 11.8. The summed E-state index contributed by atoms with van der Waals surface area (Å²) in [6.07, 6.45) is 2.67. The maximum atomic E-state index is 10.8. The van der Waals surface area contributed by atoms with E-state index in [1.807, 2.05) is 0 Å². The van der Waals surface area contributed by atoms with Crippen LogP contribution in [0.25, 0.3) is 6.08 Å². The van der Waals surface area contributed by atoms with Gasteiger partial charge in [0.05, 0.1) is 7.11 Å². The molecule has 1 aromatic carbocycles. The Hall–Kier alpha value is -2.17. The van der Waals surface area contributed by atoms with Gasteiger partial charge >= 0.3 is 5.97 Å². The van der Waals surface area contributed by atoms with Crippen LogP contribution in [0.1, 0.15) is 5.56 Å². The van der Waals surface area contributed by atoms with E-state index in [4.69, 9.17) is 5.11 Å². The summed E-state index contributed by atoms with van der Waals surface area (Å²) < 4.78 is 4.39. The van der Waals surface area contributed by atoms with Gasteiger partial charge in [0.2, 0.25) is 0 Å². The Labute approximate surface area is 86.0 Å². The van der Waals surface area contributed by atoms with Gasteiger partial charge in [-0.15, -0.1) is 4.91 Å². The van der Waals surface area contributed by atoms with Gasteiger partial charge in [0.1, 0.15) is 11.4 Å². The molecule has 0 unspecified atom stereocenters. The molecule has 0 aliphatic heterocycles. The highest BCUT2D eigenvalue weighted by molar-refractivity contribution is 5.87. The Morgan fingerprint density at radius 1 is 1.53 bits per heavy atom. The highest BCUT2D eigenvalue weighted by Crippen LogP contribution is 2.27. The average Bonchev–Trinajstić information content (AvgIpc) is 2.27. The number of carbonyl (C=O) groups excluding carboxylic acids is 1. The maximum absolute atomic E-state index is 10.8. The zero-order valence-corrected chi connectivity index (χ0v) is 8.01. The molecule has 0 amide bonds. The first kappa shape index (κ1) is 10.9. The Morgan fingerprint density at radius 3 is 2.87 bits per heavy atom. The Morgan fingerprint density at radius 2 is 2.27 bits per heavy atom. The van der Waals surface area contributed by atoms with E-state index in [2.05, 4.69) is 9.91 Å². The zero-order valence-electron chi connectivity index (χ0n) is 8.01. The molecule has 5 nitrogen and oxygen atoms in total. The first-order valence-corrected chi connectivity index (χ1v) is 4.10. The zero-order chi connectivity index (χ0) is 11.3. The van der Waals surface area contributed by atoms with E-state index in [1.54, 1.807) is 6.07 Å². The normalized spacial score (nSPS) is 10.2. The number of rotatable bonds is 3. The molecule has 0 spiro atoms. The van der Waals surface area contributed by atoms with Gasteiger partial charge in [0.15, 0.2) is 0 Å².